The molecule has 21 heavy (non-hydrogen) atoms. The minimum absolute atomic E-state index is 0.407. The maximum absolute atomic E-state index is 6.36. The van der Waals surface area contributed by atoms with E-state index in [4.69, 9.17) is 16.3 Å². The van der Waals surface area contributed by atoms with Crippen molar-refractivity contribution in [1.82, 2.24) is 5.32 Å². The fourth-order valence-electron chi connectivity index (χ4n) is 2.26. The van der Waals surface area contributed by atoms with E-state index >= 15 is 0 Å². The first-order valence-electron chi connectivity index (χ1n) is 8.03. The molecule has 0 spiro atoms. The largest absolute Gasteiger partial charge is 0.381 e. The third-order valence-electron chi connectivity index (χ3n) is 3.35. The van der Waals surface area contributed by atoms with Crippen LogP contribution < -0.4 is 5.32 Å². The van der Waals surface area contributed by atoms with Crippen LogP contribution in [0.2, 0.25) is 5.02 Å². The van der Waals surface area contributed by atoms with E-state index in [0.717, 1.165) is 37.7 Å². The molecule has 0 saturated heterocycles. The smallest absolute Gasteiger partial charge is 0.0488 e. The summed E-state index contributed by atoms with van der Waals surface area (Å²) in [5.74, 6) is 1.65. The van der Waals surface area contributed by atoms with Gasteiger partial charge in [-0.05, 0) is 42.3 Å². The fourth-order valence-corrected chi connectivity index (χ4v) is 2.55. The maximum atomic E-state index is 6.36. The molecule has 0 aliphatic rings. The molecule has 0 radical (unpaired) electrons. The summed E-state index contributed by atoms with van der Waals surface area (Å²) in [4.78, 5) is 0. The zero-order chi connectivity index (χ0) is 15.7. The molecule has 0 saturated carbocycles. The van der Waals surface area contributed by atoms with Crippen molar-refractivity contribution in [2.24, 2.45) is 11.8 Å². The van der Waals surface area contributed by atoms with E-state index in [0.29, 0.717) is 17.8 Å². The van der Waals surface area contributed by atoms with Crippen molar-refractivity contribution in [2.45, 2.75) is 40.0 Å². The zero-order valence-corrected chi connectivity index (χ0v) is 14.6. The van der Waals surface area contributed by atoms with Gasteiger partial charge in [0.2, 0.25) is 0 Å². The van der Waals surface area contributed by atoms with Crippen molar-refractivity contribution in [1.29, 1.82) is 0 Å². The van der Waals surface area contributed by atoms with Crippen molar-refractivity contribution in [3.63, 3.8) is 0 Å². The summed E-state index contributed by atoms with van der Waals surface area (Å²) < 4.78 is 5.74. The van der Waals surface area contributed by atoms with Gasteiger partial charge in [0.05, 0.1) is 0 Å². The lowest BCUT2D eigenvalue weighted by Gasteiger charge is -2.20. The second-order valence-corrected chi connectivity index (χ2v) is 6.94. The molecule has 0 fully saturated rings. The topological polar surface area (TPSA) is 21.3 Å². The molecule has 120 valence electrons. The quantitative estimate of drug-likeness (QED) is 0.631. The summed E-state index contributed by atoms with van der Waals surface area (Å²) in [5.41, 5.74) is 1.23. The second kappa shape index (κ2) is 10.2. The van der Waals surface area contributed by atoms with Crippen LogP contribution in [0.3, 0.4) is 0 Å². The van der Waals surface area contributed by atoms with E-state index in [2.05, 4.69) is 45.1 Å². The lowest BCUT2D eigenvalue weighted by atomic mass is 9.95. The van der Waals surface area contributed by atoms with Gasteiger partial charge in [-0.2, -0.15) is 0 Å². The molecule has 2 nitrogen and oxygen atoms in total. The van der Waals surface area contributed by atoms with Gasteiger partial charge in [0.25, 0.3) is 0 Å². The summed E-state index contributed by atoms with van der Waals surface area (Å²) >= 11 is 6.36. The standard InChI is InChI=1S/C18H30ClNO/c1-14(2)11-20-12-16(9-10-21-13-15(3)4)17-7-5-6-8-18(17)19/h5-8,14-16,20H,9-13H2,1-4H3. The Bertz CT molecular complexity index is 393. The van der Waals surface area contributed by atoms with Gasteiger partial charge in [-0.15, -0.1) is 0 Å². The molecule has 3 heteroatoms. The van der Waals surface area contributed by atoms with Crippen LogP contribution in [0.15, 0.2) is 24.3 Å². The Morgan fingerprint density at radius 1 is 1.05 bits per heavy atom. The zero-order valence-electron chi connectivity index (χ0n) is 13.9. The van der Waals surface area contributed by atoms with Gasteiger partial charge in [-0.25, -0.2) is 0 Å². The molecular formula is C18H30ClNO. The monoisotopic (exact) mass is 311 g/mol. The van der Waals surface area contributed by atoms with E-state index in [1.807, 2.05) is 12.1 Å². The molecule has 0 aliphatic carbocycles. The normalized spacial score (nSPS) is 13.1. The van der Waals surface area contributed by atoms with Crippen LogP contribution in [0.5, 0.6) is 0 Å². The highest BCUT2D eigenvalue weighted by atomic mass is 35.5. The Morgan fingerprint density at radius 2 is 1.76 bits per heavy atom. The van der Waals surface area contributed by atoms with Crippen LogP contribution in [0.25, 0.3) is 0 Å². The first-order valence-corrected chi connectivity index (χ1v) is 8.41. The summed E-state index contributed by atoms with van der Waals surface area (Å²) in [5, 5.41) is 4.41. The van der Waals surface area contributed by atoms with Crippen molar-refractivity contribution in [3.8, 4) is 0 Å². The van der Waals surface area contributed by atoms with Crippen LogP contribution in [0, 0.1) is 11.8 Å². The number of hydrogen-bond acceptors (Lipinski definition) is 2. The number of halogens is 1. The molecule has 0 aromatic heterocycles. The van der Waals surface area contributed by atoms with Crippen LogP contribution in [0.1, 0.15) is 45.6 Å². The molecule has 0 bridgehead atoms. The SMILES string of the molecule is CC(C)CNCC(CCOCC(C)C)c1ccccc1Cl. The van der Waals surface area contributed by atoms with Crippen LogP contribution in [0.4, 0.5) is 0 Å². The number of nitrogens with one attached hydrogen (secondary N) is 1. The fraction of sp³-hybridized carbons (Fsp3) is 0.667. The van der Waals surface area contributed by atoms with E-state index < -0.39 is 0 Å². The van der Waals surface area contributed by atoms with E-state index in [1.165, 1.54) is 5.56 Å². The highest BCUT2D eigenvalue weighted by Gasteiger charge is 2.14. The maximum Gasteiger partial charge on any atom is 0.0488 e. The molecule has 1 atom stereocenters. The number of hydrogen-bond donors (Lipinski definition) is 1. The number of rotatable bonds is 10. The molecule has 1 N–H and O–H groups in total. The van der Waals surface area contributed by atoms with Crippen molar-refractivity contribution < 1.29 is 4.74 Å². The Morgan fingerprint density at radius 3 is 2.38 bits per heavy atom. The van der Waals surface area contributed by atoms with Crippen molar-refractivity contribution >= 4 is 11.6 Å². The molecule has 1 aromatic rings. The number of ether oxygens (including phenoxy) is 1. The second-order valence-electron chi connectivity index (χ2n) is 6.53. The van der Waals surface area contributed by atoms with Crippen LogP contribution in [-0.4, -0.2) is 26.3 Å². The lowest BCUT2D eigenvalue weighted by molar-refractivity contribution is 0.103. The molecule has 1 rings (SSSR count). The highest BCUT2D eigenvalue weighted by molar-refractivity contribution is 6.31. The van der Waals surface area contributed by atoms with Gasteiger partial charge in [0, 0.05) is 24.8 Å². The van der Waals surface area contributed by atoms with E-state index in [-0.39, 0.29) is 0 Å². The van der Waals surface area contributed by atoms with E-state index in [1.54, 1.807) is 0 Å². The summed E-state index contributed by atoms with van der Waals surface area (Å²) in [6, 6.07) is 8.15. The number of benzene rings is 1. The first kappa shape index (κ1) is 18.5. The van der Waals surface area contributed by atoms with Gasteiger partial charge in [-0.3, -0.25) is 0 Å². The average molecular weight is 312 g/mol. The Kier molecular flexibility index (Phi) is 8.98. The third kappa shape index (κ3) is 7.85. The molecular weight excluding hydrogens is 282 g/mol. The lowest BCUT2D eigenvalue weighted by Crippen LogP contribution is -2.26. The minimum atomic E-state index is 0.407. The highest BCUT2D eigenvalue weighted by Crippen LogP contribution is 2.26. The molecule has 1 unspecified atom stereocenters. The van der Waals surface area contributed by atoms with Gasteiger partial charge in [0.1, 0.15) is 0 Å². The van der Waals surface area contributed by atoms with Crippen LogP contribution in [-0.2, 0) is 4.74 Å². The first-order chi connectivity index (χ1) is 10.0. The van der Waals surface area contributed by atoms with Gasteiger partial charge >= 0.3 is 0 Å². The van der Waals surface area contributed by atoms with Crippen molar-refractivity contribution in [2.75, 3.05) is 26.3 Å². The summed E-state index contributed by atoms with van der Waals surface area (Å²) in [6.45, 7) is 12.4. The predicted octanol–water partition coefficient (Wildman–Crippen LogP) is 4.73. The Balaban J connectivity index is 2.55. The summed E-state index contributed by atoms with van der Waals surface area (Å²) in [7, 11) is 0. The molecule has 0 aliphatic heterocycles. The Hall–Kier alpha value is -0.570. The van der Waals surface area contributed by atoms with E-state index in [9.17, 15) is 0 Å². The minimum Gasteiger partial charge on any atom is -0.381 e. The average Bonchev–Trinajstić information content (AvgIpc) is 2.41. The Labute approximate surface area is 135 Å². The van der Waals surface area contributed by atoms with Gasteiger partial charge in [-0.1, -0.05) is 57.5 Å². The third-order valence-corrected chi connectivity index (χ3v) is 3.69. The summed E-state index contributed by atoms with van der Waals surface area (Å²) in [6.07, 6.45) is 1.00. The van der Waals surface area contributed by atoms with Gasteiger partial charge in [0.15, 0.2) is 0 Å². The molecule has 0 heterocycles. The van der Waals surface area contributed by atoms with Crippen LogP contribution >= 0.6 is 11.6 Å². The molecule has 0 amide bonds. The van der Waals surface area contributed by atoms with Crippen molar-refractivity contribution in [3.05, 3.63) is 34.9 Å². The predicted molar refractivity (Wildman–Crippen MR) is 92.2 cm³/mol. The molecule has 1 aromatic carbocycles. The van der Waals surface area contributed by atoms with Gasteiger partial charge < -0.3 is 10.1 Å².